The van der Waals surface area contributed by atoms with Gasteiger partial charge in [0.05, 0.1) is 4.92 Å². The third-order valence-electron chi connectivity index (χ3n) is 2.45. The monoisotopic (exact) mass is 279 g/mol. The largest absolute Gasteiger partial charge is 1.00 e. The molecule has 0 aliphatic carbocycles. The predicted molar refractivity (Wildman–Crippen MR) is 63.1 cm³/mol. The normalized spacial score (nSPS) is 9.47. The minimum Gasteiger partial charge on any atom is -1.00 e. The first-order valence-electron chi connectivity index (χ1n) is 5.14. The van der Waals surface area contributed by atoms with E-state index in [4.69, 9.17) is 5.73 Å². The first-order valence-corrected chi connectivity index (χ1v) is 5.14. The SMILES string of the molecule is NC(=O)c1ccc(-[n+]2ccccc2)c([N+](=O)[O-])c1.[Cl-]. The molecule has 7 heteroatoms. The molecule has 1 aromatic heterocycles. The van der Waals surface area contributed by atoms with E-state index in [1.165, 1.54) is 18.2 Å². The zero-order valence-corrected chi connectivity index (χ0v) is 10.4. The second kappa shape index (κ2) is 5.92. The van der Waals surface area contributed by atoms with Crippen LogP contribution in [-0.4, -0.2) is 10.8 Å². The molecule has 0 bridgehead atoms. The number of hydrogen-bond acceptors (Lipinski definition) is 3. The fourth-order valence-electron chi connectivity index (χ4n) is 1.60. The molecule has 0 aliphatic rings. The molecule has 0 saturated heterocycles. The highest BCUT2D eigenvalue weighted by atomic mass is 35.5. The molecule has 2 rings (SSSR count). The molecule has 0 spiro atoms. The molecule has 0 saturated carbocycles. The van der Waals surface area contributed by atoms with Gasteiger partial charge in [-0.3, -0.25) is 14.9 Å². The summed E-state index contributed by atoms with van der Waals surface area (Å²) in [5.74, 6) is -0.692. The molecule has 1 aromatic carbocycles. The number of rotatable bonds is 3. The molecule has 6 nitrogen and oxygen atoms in total. The zero-order valence-electron chi connectivity index (χ0n) is 9.69. The Morgan fingerprint density at radius 2 is 1.84 bits per heavy atom. The summed E-state index contributed by atoms with van der Waals surface area (Å²) in [4.78, 5) is 21.5. The van der Waals surface area contributed by atoms with E-state index in [1.807, 2.05) is 0 Å². The van der Waals surface area contributed by atoms with Gasteiger partial charge >= 0.3 is 5.69 Å². The first kappa shape index (κ1) is 14.6. The highest BCUT2D eigenvalue weighted by Crippen LogP contribution is 2.20. The highest BCUT2D eigenvalue weighted by Gasteiger charge is 2.23. The smallest absolute Gasteiger partial charge is 0.341 e. The van der Waals surface area contributed by atoms with Crippen molar-refractivity contribution in [1.29, 1.82) is 0 Å². The van der Waals surface area contributed by atoms with Crippen molar-refractivity contribution in [2.75, 3.05) is 0 Å². The van der Waals surface area contributed by atoms with E-state index < -0.39 is 10.8 Å². The van der Waals surface area contributed by atoms with Gasteiger partial charge in [-0.05, 0) is 6.07 Å². The Morgan fingerprint density at radius 3 is 2.37 bits per heavy atom. The number of nitro groups is 1. The summed E-state index contributed by atoms with van der Waals surface area (Å²) in [6.45, 7) is 0. The molecule has 0 unspecified atom stereocenters. The maximum Gasteiger partial charge on any atom is 0.341 e. The highest BCUT2D eigenvalue weighted by molar-refractivity contribution is 5.93. The molecule has 1 heterocycles. The van der Waals surface area contributed by atoms with Gasteiger partial charge in [-0.15, -0.1) is 0 Å². The van der Waals surface area contributed by atoms with Crippen LogP contribution in [0, 0.1) is 10.1 Å². The number of pyridine rings is 1. The zero-order chi connectivity index (χ0) is 13.1. The van der Waals surface area contributed by atoms with Gasteiger partial charge in [-0.2, -0.15) is 4.57 Å². The maximum absolute atomic E-state index is 11.0. The number of halogens is 1. The fraction of sp³-hybridized carbons (Fsp3) is 0. The van der Waals surface area contributed by atoms with Crippen molar-refractivity contribution >= 4 is 11.6 Å². The first-order chi connectivity index (χ1) is 8.59. The Labute approximate surface area is 115 Å². The Morgan fingerprint density at radius 1 is 1.21 bits per heavy atom. The summed E-state index contributed by atoms with van der Waals surface area (Å²) in [5.41, 5.74) is 5.43. The van der Waals surface area contributed by atoms with Gasteiger partial charge in [0.15, 0.2) is 12.4 Å². The molecule has 19 heavy (non-hydrogen) atoms. The second-order valence-corrected chi connectivity index (χ2v) is 3.61. The van der Waals surface area contributed by atoms with Crippen molar-refractivity contribution in [3.63, 3.8) is 0 Å². The number of hydrogen-bond donors (Lipinski definition) is 1. The van der Waals surface area contributed by atoms with Crippen LogP contribution in [0.5, 0.6) is 0 Å². The van der Waals surface area contributed by atoms with Gasteiger partial charge in [0.25, 0.3) is 5.69 Å². The van der Waals surface area contributed by atoms with E-state index in [9.17, 15) is 14.9 Å². The van der Waals surface area contributed by atoms with Crippen LogP contribution >= 0.6 is 0 Å². The number of amides is 1. The standard InChI is InChI=1S/C12H9N3O3.ClH/c13-12(16)9-4-5-10(11(8-9)15(17)18)14-6-2-1-3-7-14;/h1-8H,(H-,13,16);1H. The van der Waals surface area contributed by atoms with Crippen LogP contribution in [-0.2, 0) is 0 Å². The number of carbonyl (C=O) groups excluding carboxylic acids is 1. The van der Waals surface area contributed by atoms with Gasteiger partial charge in [0.1, 0.15) is 0 Å². The van der Waals surface area contributed by atoms with E-state index >= 15 is 0 Å². The lowest BCUT2D eigenvalue weighted by Crippen LogP contribution is -3.00. The van der Waals surface area contributed by atoms with Crippen LogP contribution < -0.4 is 22.7 Å². The van der Waals surface area contributed by atoms with Gasteiger partial charge in [-0.1, -0.05) is 6.07 Å². The number of aromatic nitrogens is 1. The molecule has 0 fully saturated rings. The number of nitro benzene ring substituents is 1. The predicted octanol–water partition coefficient (Wildman–Crippen LogP) is -2.03. The molecular formula is C12H10ClN3O3. The lowest BCUT2D eigenvalue weighted by molar-refractivity contribution is -0.600. The van der Waals surface area contributed by atoms with E-state index in [2.05, 4.69) is 0 Å². The van der Waals surface area contributed by atoms with Crippen LogP contribution in [0.1, 0.15) is 10.4 Å². The number of nitrogens with zero attached hydrogens (tertiary/aromatic N) is 2. The summed E-state index contributed by atoms with van der Waals surface area (Å²) in [6.07, 6.45) is 3.37. The van der Waals surface area contributed by atoms with E-state index in [0.717, 1.165) is 0 Å². The molecular weight excluding hydrogens is 270 g/mol. The molecule has 2 aromatic rings. The Hall–Kier alpha value is -2.47. The number of nitrogens with two attached hydrogens (primary N) is 1. The third kappa shape index (κ3) is 3.05. The van der Waals surface area contributed by atoms with Crippen LogP contribution in [0.15, 0.2) is 48.8 Å². The lowest BCUT2D eigenvalue weighted by Gasteiger charge is -1.99. The lowest BCUT2D eigenvalue weighted by atomic mass is 10.1. The van der Waals surface area contributed by atoms with Crippen molar-refractivity contribution < 1.29 is 26.7 Å². The average molecular weight is 280 g/mol. The Bertz CT molecular complexity index is 617. The summed E-state index contributed by atoms with van der Waals surface area (Å²) in [7, 11) is 0. The van der Waals surface area contributed by atoms with E-state index in [0.29, 0.717) is 5.69 Å². The van der Waals surface area contributed by atoms with Crippen molar-refractivity contribution in [3.8, 4) is 5.69 Å². The maximum atomic E-state index is 11.0. The van der Waals surface area contributed by atoms with Crippen LogP contribution in [0.4, 0.5) is 5.69 Å². The van der Waals surface area contributed by atoms with Gasteiger partial charge in [0.2, 0.25) is 5.91 Å². The molecule has 0 aliphatic heterocycles. The van der Waals surface area contributed by atoms with Crippen LogP contribution in [0.25, 0.3) is 5.69 Å². The minimum absolute atomic E-state index is 0. The fourth-order valence-corrected chi connectivity index (χ4v) is 1.60. The summed E-state index contributed by atoms with van der Waals surface area (Å²) >= 11 is 0. The van der Waals surface area contributed by atoms with Crippen molar-refractivity contribution in [2.45, 2.75) is 0 Å². The third-order valence-corrected chi connectivity index (χ3v) is 2.45. The Balaban J connectivity index is 0.00000180. The molecule has 2 N–H and O–H groups in total. The summed E-state index contributed by atoms with van der Waals surface area (Å²) in [6, 6.07) is 9.46. The van der Waals surface area contributed by atoms with Crippen molar-refractivity contribution in [2.24, 2.45) is 5.73 Å². The molecule has 0 atom stereocenters. The average Bonchev–Trinajstić information content (AvgIpc) is 2.39. The van der Waals surface area contributed by atoms with E-state index in [-0.39, 0.29) is 23.7 Å². The van der Waals surface area contributed by atoms with Crippen LogP contribution in [0.3, 0.4) is 0 Å². The van der Waals surface area contributed by atoms with Crippen molar-refractivity contribution in [3.05, 3.63) is 64.5 Å². The number of carbonyl (C=O) groups is 1. The second-order valence-electron chi connectivity index (χ2n) is 3.61. The van der Waals surface area contributed by atoms with Gasteiger partial charge in [0, 0.05) is 29.8 Å². The van der Waals surface area contributed by atoms with Crippen molar-refractivity contribution in [1.82, 2.24) is 0 Å². The van der Waals surface area contributed by atoms with Gasteiger partial charge in [-0.25, -0.2) is 0 Å². The molecule has 0 radical (unpaired) electrons. The number of benzene rings is 1. The summed E-state index contributed by atoms with van der Waals surface area (Å²) in [5, 5.41) is 11.0. The minimum atomic E-state index is -0.692. The molecule has 98 valence electrons. The van der Waals surface area contributed by atoms with E-state index in [1.54, 1.807) is 35.2 Å². The molecule has 1 amide bonds. The summed E-state index contributed by atoms with van der Waals surface area (Å²) < 4.78 is 1.60. The van der Waals surface area contributed by atoms with Crippen LogP contribution in [0.2, 0.25) is 0 Å². The number of primary amides is 1. The quantitative estimate of drug-likeness (QED) is 0.399. The van der Waals surface area contributed by atoms with Gasteiger partial charge < -0.3 is 18.1 Å². The Kier molecular flexibility index (Phi) is 4.55. The topological polar surface area (TPSA) is 90.1 Å².